The van der Waals surface area contributed by atoms with E-state index in [0.29, 0.717) is 5.92 Å². The zero-order valence-electron chi connectivity index (χ0n) is 4.83. The van der Waals surface area contributed by atoms with Crippen LogP contribution in [0.4, 0.5) is 0 Å². The summed E-state index contributed by atoms with van der Waals surface area (Å²) >= 11 is 0. The third-order valence-corrected chi connectivity index (χ3v) is 3.93. The highest BCUT2D eigenvalue weighted by molar-refractivity contribution is 8.76. The standard InChI is InChI=1S/C5H10OS2/c1-4-2-7-8-3-5(4)6/h4-6H,2-3H2,1H3/t4-,5?/m0/s1. The molecule has 0 radical (unpaired) electrons. The fourth-order valence-electron chi connectivity index (χ4n) is 0.549. The second-order valence-corrected chi connectivity index (χ2v) is 4.67. The first-order chi connectivity index (χ1) is 3.80. The van der Waals surface area contributed by atoms with Crippen LogP contribution in [-0.2, 0) is 0 Å². The van der Waals surface area contributed by atoms with Gasteiger partial charge in [-0.3, -0.25) is 0 Å². The van der Waals surface area contributed by atoms with Gasteiger partial charge < -0.3 is 5.11 Å². The van der Waals surface area contributed by atoms with Crippen molar-refractivity contribution in [2.75, 3.05) is 11.5 Å². The average molecular weight is 150 g/mol. The van der Waals surface area contributed by atoms with Crippen LogP contribution in [0.25, 0.3) is 0 Å². The van der Waals surface area contributed by atoms with Crippen LogP contribution in [0.1, 0.15) is 6.92 Å². The molecule has 0 amide bonds. The third kappa shape index (κ3) is 1.57. The highest BCUT2D eigenvalue weighted by atomic mass is 33.1. The van der Waals surface area contributed by atoms with Gasteiger partial charge in [0.2, 0.25) is 0 Å². The molecule has 1 aliphatic rings. The molecule has 0 saturated carbocycles. The molecule has 1 saturated heterocycles. The van der Waals surface area contributed by atoms with Gasteiger partial charge in [-0.25, -0.2) is 0 Å². The summed E-state index contributed by atoms with van der Waals surface area (Å²) < 4.78 is 0. The van der Waals surface area contributed by atoms with Crippen LogP contribution in [0, 0.1) is 5.92 Å². The second-order valence-electron chi connectivity index (χ2n) is 2.11. The van der Waals surface area contributed by atoms with E-state index in [1.165, 1.54) is 0 Å². The van der Waals surface area contributed by atoms with E-state index in [-0.39, 0.29) is 6.10 Å². The lowest BCUT2D eigenvalue weighted by atomic mass is 10.1. The van der Waals surface area contributed by atoms with Gasteiger partial charge in [0.25, 0.3) is 0 Å². The van der Waals surface area contributed by atoms with E-state index in [1.807, 2.05) is 10.8 Å². The van der Waals surface area contributed by atoms with E-state index in [4.69, 9.17) is 5.11 Å². The summed E-state index contributed by atoms with van der Waals surface area (Å²) in [4.78, 5) is 0. The predicted molar refractivity (Wildman–Crippen MR) is 40.1 cm³/mol. The van der Waals surface area contributed by atoms with Crippen molar-refractivity contribution in [3.63, 3.8) is 0 Å². The van der Waals surface area contributed by atoms with Crippen LogP contribution in [0.15, 0.2) is 0 Å². The zero-order chi connectivity index (χ0) is 5.98. The maximum absolute atomic E-state index is 9.14. The molecule has 1 N–H and O–H groups in total. The monoisotopic (exact) mass is 150 g/mol. The Morgan fingerprint density at radius 1 is 1.38 bits per heavy atom. The lowest BCUT2D eigenvalue weighted by Crippen LogP contribution is -2.24. The molecule has 48 valence electrons. The van der Waals surface area contributed by atoms with Gasteiger partial charge in [-0.05, 0) is 5.92 Å². The minimum Gasteiger partial charge on any atom is -0.392 e. The summed E-state index contributed by atoms with van der Waals surface area (Å²) in [5, 5.41) is 9.14. The normalized spacial score (nSPS) is 39.8. The molecule has 0 spiro atoms. The first-order valence-corrected chi connectivity index (χ1v) is 5.22. The molecule has 0 aromatic rings. The molecular formula is C5H10OS2. The van der Waals surface area contributed by atoms with Gasteiger partial charge in [-0.15, -0.1) is 0 Å². The number of hydrogen-bond donors (Lipinski definition) is 1. The zero-order valence-corrected chi connectivity index (χ0v) is 6.47. The minimum atomic E-state index is -0.0544. The van der Waals surface area contributed by atoms with Crippen molar-refractivity contribution in [3.05, 3.63) is 0 Å². The fourth-order valence-corrected chi connectivity index (χ4v) is 3.29. The van der Waals surface area contributed by atoms with Crippen LogP contribution in [-0.4, -0.2) is 22.7 Å². The smallest absolute Gasteiger partial charge is 0.0672 e. The van der Waals surface area contributed by atoms with Gasteiger partial charge in [0.05, 0.1) is 6.10 Å². The molecule has 8 heavy (non-hydrogen) atoms. The SMILES string of the molecule is C[C@H]1CSSCC1O. The Kier molecular flexibility index (Phi) is 2.53. The van der Waals surface area contributed by atoms with Gasteiger partial charge in [0.1, 0.15) is 0 Å². The number of aliphatic hydroxyl groups excluding tert-OH is 1. The molecule has 3 heteroatoms. The fraction of sp³-hybridized carbons (Fsp3) is 1.00. The highest BCUT2D eigenvalue weighted by Gasteiger charge is 2.18. The Hall–Kier alpha value is 0.660. The molecule has 1 rings (SSSR count). The van der Waals surface area contributed by atoms with Crippen molar-refractivity contribution >= 4 is 21.6 Å². The van der Waals surface area contributed by atoms with Crippen molar-refractivity contribution in [1.29, 1.82) is 0 Å². The van der Waals surface area contributed by atoms with E-state index in [1.54, 1.807) is 10.8 Å². The molecule has 0 aromatic carbocycles. The Morgan fingerprint density at radius 3 is 2.38 bits per heavy atom. The summed E-state index contributed by atoms with van der Waals surface area (Å²) in [5.74, 6) is 2.51. The Labute approximate surface area is 57.6 Å². The lowest BCUT2D eigenvalue weighted by Gasteiger charge is -2.22. The molecule has 0 bridgehead atoms. The minimum absolute atomic E-state index is 0.0544. The maximum Gasteiger partial charge on any atom is 0.0672 e. The van der Waals surface area contributed by atoms with Crippen molar-refractivity contribution in [2.24, 2.45) is 5.92 Å². The molecule has 1 nitrogen and oxygen atoms in total. The summed E-state index contributed by atoms with van der Waals surface area (Å²) in [7, 11) is 3.64. The maximum atomic E-state index is 9.14. The average Bonchev–Trinajstić information content (AvgIpc) is 1.77. The van der Waals surface area contributed by atoms with Crippen molar-refractivity contribution in [1.82, 2.24) is 0 Å². The Balaban J connectivity index is 2.28. The Bertz CT molecular complexity index is 66.8. The van der Waals surface area contributed by atoms with E-state index < -0.39 is 0 Å². The van der Waals surface area contributed by atoms with Gasteiger partial charge in [0, 0.05) is 11.5 Å². The quantitative estimate of drug-likeness (QED) is 0.527. The molecule has 0 aliphatic carbocycles. The summed E-state index contributed by atoms with van der Waals surface area (Å²) in [5.41, 5.74) is 0. The summed E-state index contributed by atoms with van der Waals surface area (Å²) in [6.07, 6.45) is -0.0544. The van der Waals surface area contributed by atoms with Gasteiger partial charge >= 0.3 is 0 Å². The van der Waals surface area contributed by atoms with Crippen LogP contribution < -0.4 is 0 Å². The van der Waals surface area contributed by atoms with Crippen LogP contribution >= 0.6 is 21.6 Å². The van der Waals surface area contributed by atoms with E-state index >= 15 is 0 Å². The third-order valence-electron chi connectivity index (χ3n) is 1.31. The van der Waals surface area contributed by atoms with Crippen LogP contribution in [0.2, 0.25) is 0 Å². The highest BCUT2D eigenvalue weighted by Crippen LogP contribution is 2.32. The molecule has 1 unspecified atom stereocenters. The number of rotatable bonds is 0. The molecule has 0 aromatic heterocycles. The molecule has 2 atom stereocenters. The lowest BCUT2D eigenvalue weighted by molar-refractivity contribution is 0.150. The van der Waals surface area contributed by atoms with E-state index in [2.05, 4.69) is 6.92 Å². The largest absolute Gasteiger partial charge is 0.392 e. The van der Waals surface area contributed by atoms with Crippen LogP contribution in [0.5, 0.6) is 0 Å². The number of aliphatic hydroxyl groups is 1. The predicted octanol–water partition coefficient (Wildman–Crippen LogP) is 1.38. The molecular weight excluding hydrogens is 140 g/mol. The summed E-state index contributed by atoms with van der Waals surface area (Å²) in [6, 6.07) is 0. The Morgan fingerprint density at radius 2 is 2.00 bits per heavy atom. The second kappa shape index (κ2) is 2.99. The van der Waals surface area contributed by atoms with Crippen LogP contribution in [0.3, 0.4) is 0 Å². The first kappa shape index (κ1) is 6.78. The van der Waals surface area contributed by atoms with Crippen molar-refractivity contribution in [3.8, 4) is 0 Å². The van der Waals surface area contributed by atoms with E-state index in [9.17, 15) is 0 Å². The molecule has 1 aliphatic heterocycles. The van der Waals surface area contributed by atoms with Crippen molar-refractivity contribution < 1.29 is 5.11 Å². The molecule has 1 heterocycles. The van der Waals surface area contributed by atoms with Gasteiger partial charge in [0.15, 0.2) is 0 Å². The van der Waals surface area contributed by atoms with E-state index in [0.717, 1.165) is 11.5 Å². The number of hydrogen-bond acceptors (Lipinski definition) is 3. The van der Waals surface area contributed by atoms with Gasteiger partial charge in [-0.1, -0.05) is 28.5 Å². The molecule has 1 fully saturated rings. The topological polar surface area (TPSA) is 20.2 Å². The van der Waals surface area contributed by atoms with Gasteiger partial charge in [-0.2, -0.15) is 0 Å². The van der Waals surface area contributed by atoms with Crippen molar-refractivity contribution in [2.45, 2.75) is 13.0 Å². The summed E-state index contributed by atoms with van der Waals surface area (Å²) in [6.45, 7) is 2.09. The first-order valence-electron chi connectivity index (χ1n) is 2.73.